The minimum Gasteiger partial charge on any atom is -0.455 e. The van der Waals surface area contributed by atoms with Crippen LogP contribution in [-0.4, -0.2) is 69.4 Å². The van der Waals surface area contributed by atoms with Crippen molar-refractivity contribution in [3.8, 4) is 0 Å². The van der Waals surface area contributed by atoms with Gasteiger partial charge in [0.2, 0.25) is 0 Å². The van der Waals surface area contributed by atoms with Crippen molar-refractivity contribution in [2.24, 2.45) is 0 Å². The first-order chi connectivity index (χ1) is 21.0. The van der Waals surface area contributed by atoms with Crippen molar-refractivity contribution in [3.63, 3.8) is 0 Å². The molecule has 3 rings (SSSR count). The second kappa shape index (κ2) is 16.3. The van der Waals surface area contributed by atoms with Crippen molar-refractivity contribution in [1.82, 2.24) is 0 Å². The minimum atomic E-state index is -3.62. The lowest BCUT2D eigenvalue weighted by Gasteiger charge is -2.43. The van der Waals surface area contributed by atoms with Crippen molar-refractivity contribution >= 4 is 39.6 Å². The highest BCUT2D eigenvalue weighted by Gasteiger charge is 2.51. The molecule has 0 radical (unpaired) electrons. The smallest absolute Gasteiger partial charge is 0.306 e. The van der Waals surface area contributed by atoms with Crippen LogP contribution < -0.4 is 0 Å². The molecule has 238 valence electrons. The predicted octanol–water partition coefficient (Wildman–Crippen LogP) is 3.97. The number of sulfone groups is 1. The van der Waals surface area contributed by atoms with Gasteiger partial charge in [0.1, 0.15) is 6.61 Å². The summed E-state index contributed by atoms with van der Waals surface area (Å²) in [5.41, 5.74) is 1.14. The molecule has 0 bridgehead atoms. The monoisotopic (exact) mass is 630 g/mol. The predicted molar refractivity (Wildman–Crippen MR) is 159 cm³/mol. The second-order valence-corrected chi connectivity index (χ2v) is 12.1. The molecule has 5 atom stereocenters. The van der Waals surface area contributed by atoms with Crippen LogP contribution in [0.3, 0.4) is 0 Å². The van der Waals surface area contributed by atoms with Gasteiger partial charge in [-0.15, -0.1) is 0 Å². The minimum absolute atomic E-state index is 0.00552. The summed E-state index contributed by atoms with van der Waals surface area (Å²) >= 11 is 0. The highest BCUT2D eigenvalue weighted by atomic mass is 32.2. The highest BCUT2D eigenvalue weighted by Crippen LogP contribution is 2.30. The Morgan fingerprint density at radius 1 is 0.795 bits per heavy atom. The Bertz CT molecular complexity index is 1440. The summed E-state index contributed by atoms with van der Waals surface area (Å²) in [5.74, 6) is -2.50. The Hall–Kier alpha value is -3.87. The molecule has 1 aliphatic heterocycles. The lowest BCUT2D eigenvalue weighted by molar-refractivity contribution is -0.299. The Balaban J connectivity index is 1.74. The van der Waals surface area contributed by atoms with E-state index in [1.165, 1.54) is 24.3 Å². The molecule has 1 fully saturated rings. The number of ketones is 1. The Morgan fingerprint density at radius 3 is 2.00 bits per heavy atom. The fourth-order valence-corrected chi connectivity index (χ4v) is 5.72. The van der Waals surface area contributed by atoms with Crippen LogP contribution in [0.5, 0.6) is 0 Å². The molecule has 11 nitrogen and oxygen atoms in total. The summed E-state index contributed by atoms with van der Waals surface area (Å²) in [7, 11) is -3.62. The number of hydrogen-bond donors (Lipinski definition) is 0. The summed E-state index contributed by atoms with van der Waals surface area (Å²) < 4.78 is 53.9. The molecular formula is C32H38O11S. The van der Waals surface area contributed by atoms with E-state index in [1.807, 2.05) is 6.07 Å². The summed E-state index contributed by atoms with van der Waals surface area (Å²) in [6.45, 7) is 5.83. The maximum atomic E-state index is 12.9. The quantitative estimate of drug-likeness (QED) is 0.170. The summed E-state index contributed by atoms with van der Waals surface area (Å²) in [5, 5.41) is 0. The van der Waals surface area contributed by atoms with Crippen LogP contribution in [-0.2, 0) is 58.5 Å². The van der Waals surface area contributed by atoms with E-state index in [2.05, 4.69) is 0 Å². The average molecular weight is 631 g/mol. The van der Waals surface area contributed by atoms with Crippen molar-refractivity contribution in [1.29, 1.82) is 0 Å². The fourth-order valence-electron chi connectivity index (χ4n) is 4.32. The van der Waals surface area contributed by atoms with Crippen molar-refractivity contribution < 1.29 is 51.3 Å². The third-order valence-electron chi connectivity index (χ3n) is 6.66. The van der Waals surface area contributed by atoms with Gasteiger partial charge in [0.25, 0.3) is 0 Å². The zero-order valence-electron chi connectivity index (χ0n) is 25.2. The van der Waals surface area contributed by atoms with Crippen molar-refractivity contribution in [2.45, 2.75) is 88.3 Å². The van der Waals surface area contributed by atoms with Gasteiger partial charge in [0.05, 0.1) is 16.8 Å². The topological polar surface area (TPSA) is 149 Å². The highest BCUT2D eigenvalue weighted by molar-refractivity contribution is 7.90. The van der Waals surface area contributed by atoms with E-state index in [4.69, 9.17) is 23.7 Å². The Morgan fingerprint density at radius 2 is 1.39 bits per heavy atom. The number of esters is 3. The van der Waals surface area contributed by atoms with Crippen LogP contribution in [0.2, 0.25) is 0 Å². The lowest BCUT2D eigenvalue weighted by atomic mass is 9.98. The molecule has 0 amide bonds. The van der Waals surface area contributed by atoms with Gasteiger partial charge < -0.3 is 23.7 Å². The molecule has 0 aromatic heterocycles. The third-order valence-corrected chi connectivity index (χ3v) is 8.35. The van der Waals surface area contributed by atoms with Crippen LogP contribution in [0.1, 0.15) is 58.1 Å². The molecule has 0 unspecified atom stereocenters. The van der Waals surface area contributed by atoms with Gasteiger partial charge in [-0.05, 0) is 36.3 Å². The number of carbonyl (C=O) groups excluding carboxylic acids is 4. The lowest BCUT2D eigenvalue weighted by Crippen LogP contribution is -2.61. The molecule has 12 heteroatoms. The largest absolute Gasteiger partial charge is 0.455 e. The number of hydrogen-bond acceptors (Lipinski definition) is 11. The second-order valence-electron chi connectivity index (χ2n) is 10.1. The standard InChI is InChI=1S/C32H38O11S/c1-5-26(34)41-29-21(4)40-32(31(43-28(36)7-3)30(29)42-27(35)6-2)39-19-24(33)17-16-22-14-11-15-25(18-22)44(37,38)20-23-12-9-8-10-13-23/h8-18,21,29-32H,5-7,19-20H2,1-4H3/b17-16+/t21-,29+,30+,31-,32+/m0/s1. The first-order valence-corrected chi connectivity index (χ1v) is 16.1. The maximum Gasteiger partial charge on any atom is 0.306 e. The maximum absolute atomic E-state index is 12.9. The van der Waals surface area contributed by atoms with E-state index in [0.29, 0.717) is 11.1 Å². The molecule has 0 aliphatic carbocycles. The van der Waals surface area contributed by atoms with Gasteiger partial charge in [-0.25, -0.2) is 8.42 Å². The Kier molecular flexibility index (Phi) is 12.8. The number of ether oxygens (including phenoxy) is 5. The zero-order chi connectivity index (χ0) is 32.3. The van der Waals surface area contributed by atoms with Crippen LogP contribution in [0.4, 0.5) is 0 Å². The number of benzene rings is 2. The first kappa shape index (κ1) is 34.6. The van der Waals surface area contributed by atoms with Crippen molar-refractivity contribution in [2.75, 3.05) is 6.61 Å². The molecule has 0 spiro atoms. The molecule has 1 saturated heterocycles. The molecule has 2 aromatic rings. The molecule has 1 heterocycles. The van der Waals surface area contributed by atoms with E-state index >= 15 is 0 Å². The summed E-state index contributed by atoms with van der Waals surface area (Å²) in [6.07, 6.45) is -3.08. The molecular weight excluding hydrogens is 592 g/mol. The summed E-state index contributed by atoms with van der Waals surface area (Å²) in [6, 6.07) is 15.0. The molecule has 1 aliphatic rings. The van der Waals surface area contributed by atoms with Gasteiger partial charge in [-0.1, -0.05) is 69.3 Å². The number of rotatable bonds is 14. The van der Waals surface area contributed by atoms with Crippen LogP contribution in [0, 0.1) is 0 Å². The normalized spacial score (nSPS) is 21.9. The average Bonchev–Trinajstić information content (AvgIpc) is 3.02. The van der Waals surface area contributed by atoms with Gasteiger partial charge in [-0.3, -0.25) is 19.2 Å². The van der Waals surface area contributed by atoms with E-state index in [-0.39, 0.29) is 29.9 Å². The first-order valence-electron chi connectivity index (χ1n) is 14.4. The van der Waals surface area contributed by atoms with Gasteiger partial charge in [0.15, 0.2) is 40.2 Å². The van der Waals surface area contributed by atoms with Gasteiger partial charge >= 0.3 is 17.9 Å². The van der Waals surface area contributed by atoms with Crippen LogP contribution >= 0.6 is 0 Å². The van der Waals surface area contributed by atoms with E-state index < -0.39 is 70.8 Å². The van der Waals surface area contributed by atoms with E-state index in [1.54, 1.807) is 64.1 Å². The van der Waals surface area contributed by atoms with Crippen LogP contribution in [0.25, 0.3) is 6.08 Å². The zero-order valence-corrected chi connectivity index (χ0v) is 26.0. The number of carbonyl (C=O) groups is 4. The molecule has 2 aromatic carbocycles. The third kappa shape index (κ3) is 9.83. The van der Waals surface area contributed by atoms with Crippen LogP contribution in [0.15, 0.2) is 65.6 Å². The molecule has 44 heavy (non-hydrogen) atoms. The van der Waals surface area contributed by atoms with E-state index in [0.717, 1.165) is 0 Å². The van der Waals surface area contributed by atoms with Crippen molar-refractivity contribution in [3.05, 3.63) is 71.8 Å². The molecule has 0 N–H and O–H groups in total. The fraction of sp³-hybridized carbons (Fsp3) is 0.438. The summed E-state index contributed by atoms with van der Waals surface area (Å²) in [4.78, 5) is 49.5. The van der Waals surface area contributed by atoms with Gasteiger partial charge in [-0.2, -0.15) is 0 Å². The van der Waals surface area contributed by atoms with Gasteiger partial charge in [0, 0.05) is 19.3 Å². The van der Waals surface area contributed by atoms with E-state index in [9.17, 15) is 27.6 Å². The molecule has 0 saturated carbocycles. The SMILES string of the molecule is CCC(=O)O[C@H]1[C@H](OC(=O)CC)[C@H](OCC(=O)/C=C/c2cccc(S(=O)(=O)Cc3ccccc3)c2)O[C@@H](C)[C@H]1OC(=O)CC. The Labute approximate surface area is 257 Å².